The standard InChI is InChI=1S/C9H10.C8H9N3O/c1-2-5-9-7-3-6-8(9)4-1;9-6-1-2-7-5(3-6)4-12-8(10)11-7/h1-2,4-5H,3,6-7H2;1-3H,4,9H2,(H2,10,11). The van der Waals surface area contributed by atoms with E-state index < -0.39 is 0 Å². The highest BCUT2D eigenvalue weighted by molar-refractivity contribution is 5.78. The number of aryl methyl sites for hydroxylation is 2. The summed E-state index contributed by atoms with van der Waals surface area (Å²) >= 11 is 0. The maximum Gasteiger partial charge on any atom is 0.287 e. The quantitative estimate of drug-likeness (QED) is 0.729. The van der Waals surface area contributed by atoms with Gasteiger partial charge in [0.15, 0.2) is 0 Å². The molecule has 4 nitrogen and oxygen atoms in total. The van der Waals surface area contributed by atoms with Crippen LogP contribution >= 0.6 is 0 Å². The van der Waals surface area contributed by atoms with Gasteiger partial charge in [0.1, 0.15) is 6.61 Å². The summed E-state index contributed by atoms with van der Waals surface area (Å²) in [6, 6.07) is 14.4. The SMILES string of the molecule is NC1=Nc2ccc(N)cc2CO1.c1ccc2c(c1)CCC2. The van der Waals surface area contributed by atoms with Crippen LogP contribution in [0, 0.1) is 0 Å². The molecule has 0 aromatic heterocycles. The Morgan fingerprint density at radius 1 is 0.905 bits per heavy atom. The van der Waals surface area contributed by atoms with Gasteiger partial charge in [-0.05, 0) is 48.6 Å². The monoisotopic (exact) mass is 281 g/mol. The first-order valence-corrected chi connectivity index (χ1v) is 7.14. The number of nitrogens with two attached hydrogens (primary N) is 2. The average molecular weight is 281 g/mol. The van der Waals surface area contributed by atoms with Crippen molar-refractivity contribution in [2.75, 3.05) is 5.73 Å². The zero-order valence-corrected chi connectivity index (χ0v) is 11.9. The number of anilines is 1. The summed E-state index contributed by atoms with van der Waals surface area (Å²) in [6.07, 6.45) is 3.96. The lowest BCUT2D eigenvalue weighted by Gasteiger charge is -2.13. The number of aliphatic imine (C=N–C) groups is 1. The van der Waals surface area contributed by atoms with Crippen LogP contribution in [-0.2, 0) is 24.2 Å². The Balaban J connectivity index is 0.000000131. The summed E-state index contributed by atoms with van der Waals surface area (Å²) in [5.41, 5.74) is 16.6. The fourth-order valence-corrected chi connectivity index (χ4v) is 2.65. The third-order valence-corrected chi connectivity index (χ3v) is 3.72. The van der Waals surface area contributed by atoms with Gasteiger partial charge in [0, 0.05) is 11.3 Å². The van der Waals surface area contributed by atoms with Gasteiger partial charge in [-0.2, -0.15) is 4.99 Å². The Labute approximate surface area is 124 Å². The van der Waals surface area contributed by atoms with Crippen molar-refractivity contribution in [2.45, 2.75) is 25.9 Å². The Morgan fingerprint density at radius 2 is 1.62 bits per heavy atom. The van der Waals surface area contributed by atoms with E-state index in [0.717, 1.165) is 11.3 Å². The van der Waals surface area contributed by atoms with Crippen molar-refractivity contribution in [3.63, 3.8) is 0 Å². The lowest BCUT2D eigenvalue weighted by molar-refractivity contribution is 0.282. The van der Waals surface area contributed by atoms with E-state index in [1.165, 1.54) is 19.3 Å². The van der Waals surface area contributed by atoms with Crippen molar-refractivity contribution < 1.29 is 4.74 Å². The smallest absolute Gasteiger partial charge is 0.287 e. The second kappa shape index (κ2) is 5.87. The van der Waals surface area contributed by atoms with Crippen LogP contribution in [0.15, 0.2) is 47.5 Å². The molecule has 4 N–H and O–H groups in total. The number of fused-ring (bicyclic) bond motifs is 2. The molecule has 2 aliphatic rings. The molecule has 21 heavy (non-hydrogen) atoms. The van der Waals surface area contributed by atoms with E-state index in [0.29, 0.717) is 12.3 Å². The number of hydrogen-bond acceptors (Lipinski definition) is 4. The highest BCUT2D eigenvalue weighted by atomic mass is 16.5. The van der Waals surface area contributed by atoms with Gasteiger partial charge in [-0.1, -0.05) is 24.3 Å². The molecule has 0 atom stereocenters. The normalized spacial score (nSPS) is 15.0. The number of hydrogen-bond donors (Lipinski definition) is 2. The number of nitrogen functional groups attached to an aromatic ring is 1. The van der Waals surface area contributed by atoms with Crippen LogP contribution < -0.4 is 11.5 Å². The molecule has 2 aromatic carbocycles. The van der Waals surface area contributed by atoms with Crippen molar-refractivity contribution in [3.05, 3.63) is 59.2 Å². The third-order valence-electron chi connectivity index (χ3n) is 3.72. The van der Waals surface area contributed by atoms with E-state index in [1.807, 2.05) is 12.1 Å². The van der Waals surface area contributed by atoms with Crippen LogP contribution in [-0.4, -0.2) is 6.02 Å². The molecular weight excluding hydrogens is 262 g/mol. The third kappa shape index (κ3) is 3.16. The van der Waals surface area contributed by atoms with Gasteiger partial charge in [0.05, 0.1) is 5.69 Å². The lowest BCUT2D eigenvalue weighted by Crippen LogP contribution is -2.18. The van der Waals surface area contributed by atoms with E-state index >= 15 is 0 Å². The Bertz CT molecular complexity index is 656. The maximum atomic E-state index is 5.58. The fraction of sp³-hybridized carbons (Fsp3) is 0.235. The van der Waals surface area contributed by atoms with Gasteiger partial charge in [-0.25, -0.2) is 0 Å². The number of amidine groups is 1. The molecule has 1 aliphatic carbocycles. The molecule has 0 saturated carbocycles. The van der Waals surface area contributed by atoms with Gasteiger partial charge >= 0.3 is 0 Å². The Kier molecular flexibility index (Phi) is 3.77. The van der Waals surface area contributed by atoms with E-state index in [9.17, 15) is 0 Å². The summed E-state index contributed by atoms with van der Waals surface area (Å²) in [5, 5.41) is 0. The first-order valence-electron chi connectivity index (χ1n) is 7.14. The van der Waals surface area contributed by atoms with Gasteiger partial charge < -0.3 is 16.2 Å². The first-order chi connectivity index (χ1) is 10.2. The lowest BCUT2D eigenvalue weighted by atomic mass is 10.1. The summed E-state index contributed by atoms with van der Waals surface area (Å²) < 4.78 is 5.03. The molecule has 2 aromatic rings. The highest BCUT2D eigenvalue weighted by Crippen LogP contribution is 2.25. The molecule has 4 heteroatoms. The maximum absolute atomic E-state index is 5.58. The van der Waals surface area contributed by atoms with Crippen molar-refractivity contribution in [3.8, 4) is 0 Å². The molecule has 0 fully saturated rings. The predicted molar refractivity (Wildman–Crippen MR) is 85.4 cm³/mol. The van der Waals surface area contributed by atoms with E-state index in [1.54, 1.807) is 17.2 Å². The van der Waals surface area contributed by atoms with E-state index in [2.05, 4.69) is 29.3 Å². The molecule has 0 unspecified atom stereocenters. The molecule has 0 amide bonds. The summed E-state index contributed by atoms with van der Waals surface area (Å²) in [7, 11) is 0. The predicted octanol–water partition coefficient (Wildman–Crippen LogP) is 2.92. The summed E-state index contributed by atoms with van der Waals surface area (Å²) in [5.74, 6) is 0. The van der Waals surface area contributed by atoms with Crippen LogP contribution in [0.1, 0.15) is 23.1 Å². The van der Waals surface area contributed by atoms with Crippen LogP contribution in [0.3, 0.4) is 0 Å². The molecule has 4 rings (SSSR count). The average Bonchev–Trinajstić information content (AvgIpc) is 2.97. The first kappa shape index (κ1) is 13.5. The van der Waals surface area contributed by atoms with Crippen LogP contribution in [0.4, 0.5) is 11.4 Å². The molecule has 0 bridgehead atoms. The fourth-order valence-electron chi connectivity index (χ4n) is 2.65. The van der Waals surface area contributed by atoms with Crippen molar-refractivity contribution in [1.82, 2.24) is 0 Å². The zero-order chi connectivity index (χ0) is 14.7. The molecule has 0 saturated heterocycles. The van der Waals surface area contributed by atoms with Crippen LogP contribution in [0.2, 0.25) is 0 Å². The van der Waals surface area contributed by atoms with Gasteiger partial charge in [-0.3, -0.25) is 0 Å². The van der Waals surface area contributed by atoms with E-state index in [4.69, 9.17) is 16.2 Å². The van der Waals surface area contributed by atoms with Gasteiger partial charge in [0.25, 0.3) is 6.02 Å². The molecular formula is C17H19N3O. The molecule has 0 spiro atoms. The molecule has 1 aliphatic heterocycles. The highest BCUT2D eigenvalue weighted by Gasteiger charge is 2.09. The topological polar surface area (TPSA) is 73.6 Å². The Hall–Kier alpha value is -2.49. The summed E-state index contributed by atoms with van der Waals surface area (Å²) in [4.78, 5) is 4.00. The van der Waals surface area contributed by atoms with E-state index in [-0.39, 0.29) is 6.02 Å². The molecule has 0 radical (unpaired) electrons. The van der Waals surface area contributed by atoms with Gasteiger partial charge in [0.2, 0.25) is 0 Å². The second-order valence-electron chi connectivity index (χ2n) is 5.25. The summed E-state index contributed by atoms with van der Waals surface area (Å²) in [6.45, 7) is 0.454. The van der Waals surface area contributed by atoms with Crippen LogP contribution in [0.25, 0.3) is 0 Å². The second-order valence-corrected chi connectivity index (χ2v) is 5.25. The zero-order valence-electron chi connectivity index (χ0n) is 11.9. The van der Waals surface area contributed by atoms with Crippen LogP contribution in [0.5, 0.6) is 0 Å². The minimum Gasteiger partial charge on any atom is -0.460 e. The largest absolute Gasteiger partial charge is 0.460 e. The Morgan fingerprint density at radius 3 is 2.33 bits per heavy atom. The van der Waals surface area contributed by atoms with Crippen molar-refractivity contribution in [2.24, 2.45) is 10.7 Å². The number of ether oxygens (including phenoxy) is 1. The van der Waals surface area contributed by atoms with Crippen molar-refractivity contribution in [1.29, 1.82) is 0 Å². The molecule has 1 heterocycles. The molecule has 108 valence electrons. The minimum atomic E-state index is 0.215. The number of nitrogens with zero attached hydrogens (tertiary/aromatic N) is 1. The number of benzene rings is 2. The minimum absolute atomic E-state index is 0.215. The van der Waals surface area contributed by atoms with Crippen molar-refractivity contribution >= 4 is 17.4 Å². The number of rotatable bonds is 0. The van der Waals surface area contributed by atoms with Gasteiger partial charge in [-0.15, -0.1) is 0 Å².